The number of hydrogen-bond acceptors (Lipinski definition) is 2. The van der Waals surface area contributed by atoms with Gasteiger partial charge in [0.15, 0.2) is 0 Å². The number of benzene rings is 1. The number of rotatable bonds is 3. The van der Waals surface area contributed by atoms with Crippen LogP contribution in [0.1, 0.15) is 31.1 Å². The quantitative estimate of drug-likeness (QED) is 0.892. The Hall–Kier alpha value is -1.03. The molecule has 2 N–H and O–H groups in total. The molecule has 0 saturated carbocycles. The second kappa shape index (κ2) is 4.87. The highest BCUT2D eigenvalue weighted by Gasteiger charge is 2.14. The summed E-state index contributed by atoms with van der Waals surface area (Å²) in [4.78, 5) is 11.0. The van der Waals surface area contributed by atoms with Crippen LogP contribution in [-0.4, -0.2) is 17.6 Å². The Morgan fingerprint density at radius 3 is 2.56 bits per heavy atom. The molecule has 4 heteroatoms. The molecule has 0 unspecified atom stereocenters. The number of carboxylic acids is 1. The first-order valence-corrected chi connectivity index (χ1v) is 5.85. The molecule has 1 aromatic carbocycles. The predicted molar refractivity (Wildman–Crippen MR) is 69.0 cm³/mol. The fraction of sp³-hybridized carbons (Fsp3) is 0.417. The van der Waals surface area contributed by atoms with Gasteiger partial charge in [-0.3, -0.25) is 0 Å². The Morgan fingerprint density at radius 1 is 1.44 bits per heavy atom. The van der Waals surface area contributed by atoms with E-state index in [-0.39, 0.29) is 5.41 Å². The summed E-state index contributed by atoms with van der Waals surface area (Å²) < 4.78 is 0.770. The van der Waals surface area contributed by atoms with Crippen molar-refractivity contribution in [2.75, 3.05) is 11.9 Å². The van der Waals surface area contributed by atoms with Crippen LogP contribution in [0, 0.1) is 5.41 Å². The largest absolute Gasteiger partial charge is 0.478 e. The lowest BCUT2D eigenvalue weighted by Gasteiger charge is -2.20. The maximum atomic E-state index is 11.0. The van der Waals surface area contributed by atoms with Crippen LogP contribution in [-0.2, 0) is 0 Å². The van der Waals surface area contributed by atoms with Crippen molar-refractivity contribution in [1.29, 1.82) is 0 Å². The SMILES string of the molecule is CC(C)(C)CNc1ccc(Br)cc1C(=O)O. The highest BCUT2D eigenvalue weighted by atomic mass is 79.9. The van der Waals surface area contributed by atoms with E-state index in [1.807, 2.05) is 6.07 Å². The van der Waals surface area contributed by atoms with E-state index in [1.54, 1.807) is 12.1 Å². The van der Waals surface area contributed by atoms with Crippen molar-refractivity contribution in [3.8, 4) is 0 Å². The smallest absolute Gasteiger partial charge is 0.337 e. The standard InChI is InChI=1S/C12H16BrNO2/c1-12(2,3)7-14-10-5-4-8(13)6-9(10)11(15)16/h4-6,14H,7H2,1-3H3,(H,15,16). The van der Waals surface area contributed by atoms with Gasteiger partial charge >= 0.3 is 5.97 Å². The fourth-order valence-electron chi connectivity index (χ4n) is 1.21. The molecule has 0 radical (unpaired) electrons. The molecule has 1 aromatic rings. The molecule has 0 spiro atoms. The third-order valence-corrected chi connectivity index (χ3v) is 2.51. The van der Waals surface area contributed by atoms with E-state index in [2.05, 4.69) is 42.0 Å². The van der Waals surface area contributed by atoms with Crippen LogP contribution >= 0.6 is 15.9 Å². The van der Waals surface area contributed by atoms with E-state index in [0.29, 0.717) is 11.3 Å². The molecule has 0 aliphatic rings. The second-order valence-electron chi connectivity index (χ2n) is 4.91. The molecular weight excluding hydrogens is 270 g/mol. The van der Waals surface area contributed by atoms with E-state index in [4.69, 9.17) is 5.11 Å². The number of anilines is 1. The van der Waals surface area contributed by atoms with Gasteiger partial charge in [-0.2, -0.15) is 0 Å². The number of carboxylic acid groups (broad SMARTS) is 1. The van der Waals surface area contributed by atoms with Crippen molar-refractivity contribution in [1.82, 2.24) is 0 Å². The molecule has 0 fully saturated rings. The van der Waals surface area contributed by atoms with Crippen molar-refractivity contribution in [2.24, 2.45) is 5.41 Å². The summed E-state index contributed by atoms with van der Waals surface area (Å²) in [6.07, 6.45) is 0. The second-order valence-corrected chi connectivity index (χ2v) is 5.82. The van der Waals surface area contributed by atoms with Crippen LogP contribution in [0.2, 0.25) is 0 Å². The van der Waals surface area contributed by atoms with Crippen LogP contribution in [0.15, 0.2) is 22.7 Å². The average molecular weight is 286 g/mol. The highest BCUT2D eigenvalue weighted by Crippen LogP contribution is 2.23. The Morgan fingerprint density at radius 2 is 2.06 bits per heavy atom. The van der Waals surface area contributed by atoms with Gasteiger partial charge in [0, 0.05) is 16.7 Å². The van der Waals surface area contributed by atoms with Crippen LogP contribution in [0.5, 0.6) is 0 Å². The van der Waals surface area contributed by atoms with Gasteiger partial charge in [0.25, 0.3) is 0 Å². The molecule has 3 nitrogen and oxygen atoms in total. The highest BCUT2D eigenvalue weighted by molar-refractivity contribution is 9.10. The number of carbonyl (C=O) groups is 1. The first-order chi connectivity index (χ1) is 7.29. The van der Waals surface area contributed by atoms with Gasteiger partial charge in [-0.1, -0.05) is 36.7 Å². The number of halogens is 1. The van der Waals surface area contributed by atoms with Crippen molar-refractivity contribution < 1.29 is 9.90 Å². The zero-order chi connectivity index (χ0) is 12.3. The van der Waals surface area contributed by atoms with Crippen LogP contribution in [0.3, 0.4) is 0 Å². The van der Waals surface area contributed by atoms with E-state index < -0.39 is 5.97 Å². The average Bonchev–Trinajstić information content (AvgIpc) is 2.14. The third kappa shape index (κ3) is 3.85. The zero-order valence-electron chi connectivity index (χ0n) is 9.67. The first-order valence-electron chi connectivity index (χ1n) is 5.06. The van der Waals surface area contributed by atoms with Gasteiger partial charge in [-0.05, 0) is 23.6 Å². The minimum Gasteiger partial charge on any atom is -0.478 e. The molecule has 0 heterocycles. The maximum absolute atomic E-state index is 11.0. The third-order valence-electron chi connectivity index (χ3n) is 2.02. The van der Waals surface area contributed by atoms with Gasteiger partial charge in [-0.25, -0.2) is 4.79 Å². The lowest BCUT2D eigenvalue weighted by molar-refractivity contribution is 0.0697. The molecule has 16 heavy (non-hydrogen) atoms. The summed E-state index contributed by atoms with van der Waals surface area (Å²) in [5, 5.41) is 12.2. The topological polar surface area (TPSA) is 49.3 Å². The molecule has 1 rings (SSSR count). The lowest BCUT2D eigenvalue weighted by atomic mass is 9.96. The first kappa shape index (κ1) is 13.0. The van der Waals surface area contributed by atoms with Crippen molar-refractivity contribution in [3.05, 3.63) is 28.2 Å². The molecular formula is C12H16BrNO2. The molecule has 0 amide bonds. The predicted octanol–water partition coefficient (Wildman–Crippen LogP) is 3.61. The number of hydrogen-bond donors (Lipinski definition) is 2. The van der Waals surface area contributed by atoms with Gasteiger partial charge in [0.1, 0.15) is 0 Å². The Bertz CT molecular complexity index is 396. The zero-order valence-corrected chi connectivity index (χ0v) is 11.3. The molecule has 0 saturated heterocycles. The normalized spacial score (nSPS) is 11.2. The molecule has 0 aliphatic heterocycles. The minimum atomic E-state index is -0.919. The minimum absolute atomic E-state index is 0.114. The summed E-state index contributed by atoms with van der Waals surface area (Å²) in [5.41, 5.74) is 1.06. The van der Waals surface area contributed by atoms with Gasteiger partial charge in [0.05, 0.1) is 5.56 Å². The lowest BCUT2D eigenvalue weighted by Crippen LogP contribution is -2.20. The van der Waals surface area contributed by atoms with E-state index in [1.165, 1.54) is 0 Å². The van der Waals surface area contributed by atoms with Gasteiger partial charge in [0.2, 0.25) is 0 Å². The van der Waals surface area contributed by atoms with Crippen molar-refractivity contribution in [3.63, 3.8) is 0 Å². The monoisotopic (exact) mass is 285 g/mol. The van der Waals surface area contributed by atoms with E-state index in [0.717, 1.165) is 11.0 Å². The summed E-state index contributed by atoms with van der Waals surface area (Å²) in [5.74, 6) is -0.919. The van der Waals surface area contributed by atoms with Gasteiger partial charge < -0.3 is 10.4 Å². The molecule has 0 aliphatic carbocycles. The molecule has 0 aromatic heterocycles. The molecule has 88 valence electrons. The summed E-state index contributed by atoms with van der Waals surface area (Å²) in [7, 11) is 0. The van der Waals surface area contributed by atoms with E-state index >= 15 is 0 Å². The Labute approximate surface area is 104 Å². The Kier molecular flexibility index (Phi) is 3.97. The fourth-order valence-corrected chi connectivity index (χ4v) is 1.57. The number of nitrogens with one attached hydrogen (secondary N) is 1. The van der Waals surface area contributed by atoms with Gasteiger partial charge in [-0.15, -0.1) is 0 Å². The van der Waals surface area contributed by atoms with Crippen molar-refractivity contribution >= 4 is 27.6 Å². The van der Waals surface area contributed by atoms with E-state index in [9.17, 15) is 4.79 Å². The van der Waals surface area contributed by atoms with Crippen LogP contribution < -0.4 is 5.32 Å². The summed E-state index contributed by atoms with van der Waals surface area (Å²) in [6, 6.07) is 5.21. The van der Waals surface area contributed by atoms with Crippen molar-refractivity contribution in [2.45, 2.75) is 20.8 Å². The Balaban J connectivity index is 2.91. The summed E-state index contributed by atoms with van der Waals surface area (Å²) >= 11 is 3.26. The number of aromatic carboxylic acids is 1. The van der Waals surface area contributed by atoms with Crippen LogP contribution in [0.25, 0.3) is 0 Å². The maximum Gasteiger partial charge on any atom is 0.337 e. The molecule has 0 atom stereocenters. The summed E-state index contributed by atoms with van der Waals surface area (Å²) in [6.45, 7) is 7.02. The molecule has 0 bridgehead atoms. The van der Waals surface area contributed by atoms with Crippen LogP contribution in [0.4, 0.5) is 5.69 Å².